The Balaban J connectivity index is -0.000000980. The van der Waals surface area contributed by atoms with E-state index in [1.165, 1.54) is 0 Å². The predicted molar refractivity (Wildman–Crippen MR) is 61.6 cm³/mol. The van der Waals surface area contributed by atoms with E-state index in [1.807, 2.05) is 0 Å². The van der Waals surface area contributed by atoms with Crippen LogP contribution in [0.1, 0.15) is 12.8 Å². The number of rotatable bonds is 8. The van der Waals surface area contributed by atoms with Gasteiger partial charge in [0.1, 0.15) is 0 Å². The molecule has 0 aromatic rings. The summed E-state index contributed by atoms with van der Waals surface area (Å²) in [5.74, 6) is -2.31. The van der Waals surface area contributed by atoms with Crippen molar-refractivity contribution in [3.05, 3.63) is 0 Å². The summed E-state index contributed by atoms with van der Waals surface area (Å²) in [6.45, 7) is -0.494. The molecule has 0 rings (SSSR count). The summed E-state index contributed by atoms with van der Waals surface area (Å²) in [5.41, 5.74) is 0. The standard InChI is InChI=1S/C8H14O7.2Na.2H/c9-5(1-7(11)12)3-15-4-6(10)2-8(13)14;;;;/h5-6,9-10H,1-4H2,(H,11,12)(H,13,14);;;;. The molecule has 9 heteroatoms. The number of aliphatic hydroxyl groups is 2. The van der Waals surface area contributed by atoms with Gasteiger partial charge >= 0.3 is 71.1 Å². The third kappa shape index (κ3) is 16.8. The minimum absolute atomic E-state index is 0. The second kappa shape index (κ2) is 13.3. The van der Waals surface area contributed by atoms with Gasteiger partial charge in [-0.25, -0.2) is 0 Å². The summed E-state index contributed by atoms with van der Waals surface area (Å²) >= 11 is 0. The first-order valence-corrected chi connectivity index (χ1v) is 4.29. The van der Waals surface area contributed by atoms with Crippen molar-refractivity contribution in [2.24, 2.45) is 0 Å². The second-order valence-corrected chi connectivity index (χ2v) is 3.04. The first-order chi connectivity index (χ1) is 6.91. The number of aliphatic hydroxyl groups excluding tert-OH is 2. The first kappa shape index (κ1) is 23.0. The van der Waals surface area contributed by atoms with E-state index in [0.29, 0.717) is 0 Å². The van der Waals surface area contributed by atoms with Gasteiger partial charge in [-0.3, -0.25) is 9.59 Å². The summed E-state index contributed by atoms with van der Waals surface area (Å²) in [6.07, 6.45) is -3.21. The Hall–Kier alpha value is 0.820. The van der Waals surface area contributed by atoms with E-state index in [2.05, 4.69) is 0 Å². The van der Waals surface area contributed by atoms with Crippen molar-refractivity contribution >= 4 is 71.1 Å². The number of carboxylic acids is 2. The minimum atomic E-state index is -1.16. The van der Waals surface area contributed by atoms with Gasteiger partial charge in [-0.2, -0.15) is 0 Å². The number of aliphatic carboxylic acids is 2. The first-order valence-electron chi connectivity index (χ1n) is 4.29. The molecule has 17 heavy (non-hydrogen) atoms. The molecule has 0 aliphatic rings. The van der Waals surface area contributed by atoms with Gasteiger partial charge < -0.3 is 25.2 Å². The van der Waals surface area contributed by atoms with Crippen molar-refractivity contribution in [1.29, 1.82) is 0 Å². The quantitative estimate of drug-likeness (QED) is 0.356. The van der Waals surface area contributed by atoms with Gasteiger partial charge in [-0.1, -0.05) is 0 Å². The Morgan fingerprint density at radius 3 is 1.41 bits per heavy atom. The zero-order valence-electron chi connectivity index (χ0n) is 8.00. The van der Waals surface area contributed by atoms with E-state index in [-0.39, 0.29) is 72.3 Å². The molecule has 0 amide bonds. The van der Waals surface area contributed by atoms with Gasteiger partial charge in [0.2, 0.25) is 0 Å². The van der Waals surface area contributed by atoms with E-state index in [0.717, 1.165) is 0 Å². The molecule has 4 N–H and O–H groups in total. The van der Waals surface area contributed by atoms with Crippen molar-refractivity contribution in [3.8, 4) is 0 Å². The van der Waals surface area contributed by atoms with Crippen molar-refractivity contribution in [3.63, 3.8) is 0 Å². The molecule has 2 unspecified atom stereocenters. The normalized spacial score (nSPS) is 12.8. The van der Waals surface area contributed by atoms with Gasteiger partial charge in [-0.15, -0.1) is 0 Å². The van der Waals surface area contributed by atoms with Gasteiger partial charge in [0.15, 0.2) is 0 Å². The van der Waals surface area contributed by atoms with Crippen LogP contribution in [0.3, 0.4) is 0 Å². The molecule has 0 aromatic carbocycles. The number of carbonyl (C=O) groups is 2. The SMILES string of the molecule is O=C(O)CC(O)COCC(O)CC(=O)O.[NaH].[NaH]. The van der Waals surface area contributed by atoms with Gasteiger partial charge in [0, 0.05) is 0 Å². The fourth-order valence-electron chi connectivity index (χ4n) is 0.861. The zero-order valence-corrected chi connectivity index (χ0v) is 8.00. The summed E-state index contributed by atoms with van der Waals surface area (Å²) in [5, 5.41) is 34.6. The van der Waals surface area contributed by atoms with Crippen LogP contribution in [0.5, 0.6) is 0 Å². The van der Waals surface area contributed by atoms with Gasteiger partial charge in [0.05, 0.1) is 38.3 Å². The topological polar surface area (TPSA) is 124 Å². The van der Waals surface area contributed by atoms with E-state index in [1.54, 1.807) is 0 Å². The molecular weight excluding hydrogens is 254 g/mol. The Morgan fingerprint density at radius 2 is 1.18 bits per heavy atom. The number of ether oxygens (including phenoxy) is 1. The summed E-state index contributed by atoms with van der Waals surface area (Å²) in [6, 6.07) is 0. The van der Waals surface area contributed by atoms with E-state index < -0.39 is 37.0 Å². The molecule has 2 atom stereocenters. The molecule has 0 aromatic heterocycles. The molecule has 0 spiro atoms. The maximum absolute atomic E-state index is 10.1. The Labute approximate surface area is 143 Å². The molecule has 0 fully saturated rings. The maximum atomic E-state index is 10.1. The number of carboxylic acid groups (broad SMARTS) is 2. The molecule has 0 radical (unpaired) electrons. The molecular formula is C8H16Na2O7. The predicted octanol–water partition coefficient (Wildman–Crippen LogP) is -2.62. The fraction of sp³-hybridized carbons (Fsp3) is 0.750. The van der Waals surface area contributed by atoms with Crippen LogP contribution >= 0.6 is 0 Å². The van der Waals surface area contributed by atoms with E-state index in [4.69, 9.17) is 25.2 Å². The molecule has 0 aliphatic carbocycles. The molecule has 92 valence electrons. The third-order valence-corrected chi connectivity index (χ3v) is 1.44. The van der Waals surface area contributed by atoms with Crippen LogP contribution < -0.4 is 0 Å². The molecule has 0 saturated carbocycles. The van der Waals surface area contributed by atoms with Crippen LogP contribution in [-0.2, 0) is 14.3 Å². The van der Waals surface area contributed by atoms with Crippen molar-refractivity contribution in [2.45, 2.75) is 25.0 Å². The van der Waals surface area contributed by atoms with Crippen LogP contribution in [0.4, 0.5) is 0 Å². The molecule has 0 bridgehead atoms. The van der Waals surface area contributed by atoms with E-state index >= 15 is 0 Å². The van der Waals surface area contributed by atoms with Gasteiger partial charge in [0.25, 0.3) is 0 Å². The second-order valence-electron chi connectivity index (χ2n) is 3.04. The molecule has 0 saturated heterocycles. The summed E-state index contributed by atoms with van der Waals surface area (Å²) < 4.78 is 4.73. The monoisotopic (exact) mass is 270 g/mol. The van der Waals surface area contributed by atoms with Gasteiger partial charge in [-0.05, 0) is 0 Å². The van der Waals surface area contributed by atoms with Crippen LogP contribution in [0.25, 0.3) is 0 Å². The number of hydrogen-bond acceptors (Lipinski definition) is 5. The van der Waals surface area contributed by atoms with Crippen LogP contribution in [-0.4, -0.2) is 117 Å². The van der Waals surface area contributed by atoms with Crippen molar-refractivity contribution in [2.75, 3.05) is 13.2 Å². The average molecular weight is 270 g/mol. The van der Waals surface area contributed by atoms with E-state index in [9.17, 15) is 9.59 Å². The van der Waals surface area contributed by atoms with Crippen molar-refractivity contribution < 1.29 is 34.8 Å². The fourth-order valence-corrected chi connectivity index (χ4v) is 0.861. The van der Waals surface area contributed by atoms with Crippen LogP contribution in [0, 0.1) is 0 Å². The van der Waals surface area contributed by atoms with Crippen molar-refractivity contribution in [1.82, 2.24) is 0 Å². The summed E-state index contributed by atoms with van der Waals surface area (Å²) in [7, 11) is 0. The van der Waals surface area contributed by atoms with Crippen LogP contribution in [0.2, 0.25) is 0 Å². The summed E-state index contributed by atoms with van der Waals surface area (Å²) in [4.78, 5) is 20.2. The Morgan fingerprint density at radius 1 is 0.882 bits per heavy atom. The zero-order chi connectivity index (χ0) is 11.8. The van der Waals surface area contributed by atoms with Crippen LogP contribution in [0.15, 0.2) is 0 Å². The molecule has 0 heterocycles. The average Bonchev–Trinajstić information content (AvgIpc) is 2.00. The number of hydrogen-bond donors (Lipinski definition) is 4. The molecule has 7 nitrogen and oxygen atoms in total. The third-order valence-electron chi connectivity index (χ3n) is 1.44. The molecule has 0 aliphatic heterocycles. The Bertz CT molecular complexity index is 202. The Kier molecular flexibility index (Phi) is 17.9.